The predicted molar refractivity (Wildman–Crippen MR) is 76.9 cm³/mol. The molecular formula is C15H20N2O4. The minimum atomic E-state index is -1.10. The topological polar surface area (TPSA) is 87.7 Å². The molecule has 6 heteroatoms. The maximum absolute atomic E-state index is 11.7. The number of hydrogen-bond acceptors (Lipinski definition) is 3. The minimum Gasteiger partial charge on any atom is -0.479 e. The first-order chi connectivity index (χ1) is 10.2. The molecule has 0 unspecified atom stereocenters. The van der Waals surface area contributed by atoms with Gasteiger partial charge in [-0.1, -0.05) is 30.3 Å². The van der Waals surface area contributed by atoms with Gasteiger partial charge in [-0.25, -0.2) is 9.59 Å². The number of urea groups is 1. The second kappa shape index (κ2) is 7.64. The van der Waals surface area contributed by atoms with E-state index in [4.69, 9.17) is 4.74 Å². The Labute approximate surface area is 123 Å². The van der Waals surface area contributed by atoms with Gasteiger partial charge in [0, 0.05) is 13.2 Å². The minimum absolute atomic E-state index is 0.361. The monoisotopic (exact) mass is 292 g/mol. The molecule has 0 radical (unpaired) electrons. The lowest BCUT2D eigenvalue weighted by atomic mass is 10.1. The normalized spacial score (nSPS) is 15.2. The molecule has 0 saturated heterocycles. The number of carboxylic acid groups (broad SMARTS) is 1. The SMILES string of the molecule is O=C(NCCOCC1CC1)N[C@@H](C(=O)O)c1ccccc1. The number of hydrogen-bond donors (Lipinski definition) is 3. The third-order valence-corrected chi connectivity index (χ3v) is 3.24. The van der Waals surface area contributed by atoms with E-state index in [0.717, 1.165) is 6.61 Å². The summed E-state index contributed by atoms with van der Waals surface area (Å²) in [6.45, 7) is 1.54. The van der Waals surface area contributed by atoms with E-state index in [1.165, 1.54) is 12.8 Å². The van der Waals surface area contributed by atoms with Gasteiger partial charge in [-0.15, -0.1) is 0 Å². The highest BCUT2D eigenvalue weighted by atomic mass is 16.5. The zero-order valence-corrected chi connectivity index (χ0v) is 11.7. The summed E-state index contributed by atoms with van der Waals surface area (Å²) in [5, 5.41) is 14.2. The molecule has 1 aromatic carbocycles. The summed E-state index contributed by atoms with van der Waals surface area (Å²) >= 11 is 0. The molecule has 0 spiro atoms. The van der Waals surface area contributed by atoms with Gasteiger partial charge in [-0.05, 0) is 24.3 Å². The molecule has 0 aliphatic heterocycles. The van der Waals surface area contributed by atoms with Crippen LogP contribution in [0.25, 0.3) is 0 Å². The zero-order chi connectivity index (χ0) is 15.1. The molecular weight excluding hydrogens is 272 g/mol. The van der Waals surface area contributed by atoms with Gasteiger partial charge in [0.05, 0.1) is 6.61 Å². The van der Waals surface area contributed by atoms with Crippen LogP contribution >= 0.6 is 0 Å². The number of amides is 2. The van der Waals surface area contributed by atoms with Crippen LogP contribution < -0.4 is 10.6 Å². The van der Waals surface area contributed by atoms with Gasteiger partial charge in [0.15, 0.2) is 6.04 Å². The molecule has 1 fully saturated rings. The first kappa shape index (κ1) is 15.3. The number of carbonyl (C=O) groups excluding carboxylic acids is 1. The molecule has 21 heavy (non-hydrogen) atoms. The van der Waals surface area contributed by atoms with Crippen molar-refractivity contribution in [2.45, 2.75) is 18.9 Å². The Bertz CT molecular complexity index is 474. The maximum atomic E-state index is 11.7. The van der Waals surface area contributed by atoms with Gasteiger partial charge in [-0.3, -0.25) is 0 Å². The molecule has 3 N–H and O–H groups in total. The number of carboxylic acids is 1. The number of ether oxygens (including phenoxy) is 1. The van der Waals surface area contributed by atoms with Crippen LogP contribution in [-0.2, 0) is 9.53 Å². The summed E-state index contributed by atoms with van der Waals surface area (Å²) in [6, 6.07) is 7.02. The summed E-state index contributed by atoms with van der Waals surface area (Å²) in [5.74, 6) is -0.408. The fourth-order valence-corrected chi connectivity index (χ4v) is 1.89. The molecule has 1 atom stereocenters. The third-order valence-electron chi connectivity index (χ3n) is 3.24. The molecule has 1 saturated carbocycles. The van der Waals surface area contributed by atoms with Crippen molar-refractivity contribution in [1.82, 2.24) is 10.6 Å². The summed E-state index contributed by atoms with van der Waals surface area (Å²) in [4.78, 5) is 22.9. The zero-order valence-electron chi connectivity index (χ0n) is 11.7. The fraction of sp³-hybridized carbons (Fsp3) is 0.467. The van der Waals surface area contributed by atoms with Crippen LogP contribution in [-0.4, -0.2) is 36.9 Å². The molecule has 0 bridgehead atoms. The molecule has 6 nitrogen and oxygen atoms in total. The molecule has 2 rings (SSSR count). The predicted octanol–water partition coefficient (Wildman–Crippen LogP) is 1.54. The molecule has 1 aliphatic carbocycles. The van der Waals surface area contributed by atoms with Crippen molar-refractivity contribution < 1.29 is 19.4 Å². The standard InChI is InChI=1S/C15H20N2O4/c18-14(19)13(12-4-2-1-3-5-12)17-15(20)16-8-9-21-10-11-6-7-11/h1-5,11,13H,6-10H2,(H,18,19)(H2,16,17,20)/t13-/m1/s1. The van der Waals surface area contributed by atoms with Crippen molar-refractivity contribution in [1.29, 1.82) is 0 Å². The van der Waals surface area contributed by atoms with Crippen LogP contribution in [0.2, 0.25) is 0 Å². The van der Waals surface area contributed by atoms with Crippen molar-refractivity contribution in [3.8, 4) is 0 Å². The molecule has 1 aromatic rings. The first-order valence-electron chi connectivity index (χ1n) is 7.06. The smallest absolute Gasteiger partial charge is 0.330 e. The van der Waals surface area contributed by atoms with Crippen molar-refractivity contribution in [3.63, 3.8) is 0 Å². The number of nitrogens with one attached hydrogen (secondary N) is 2. The van der Waals surface area contributed by atoms with Crippen molar-refractivity contribution >= 4 is 12.0 Å². The van der Waals surface area contributed by atoms with E-state index in [2.05, 4.69) is 10.6 Å². The van der Waals surface area contributed by atoms with Crippen LogP contribution in [0, 0.1) is 5.92 Å². The van der Waals surface area contributed by atoms with Gasteiger partial charge in [-0.2, -0.15) is 0 Å². The lowest BCUT2D eigenvalue weighted by Crippen LogP contribution is -2.42. The highest BCUT2D eigenvalue weighted by molar-refractivity contribution is 5.83. The van der Waals surface area contributed by atoms with Crippen LogP contribution in [0.5, 0.6) is 0 Å². The Morgan fingerprint density at radius 3 is 2.62 bits per heavy atom. The van der Waals surface area contributed by atoms with Crippen LogP contribution in [0.4, 0.5) is 4.79 Å². The van der Waals surface area contributed by atoms with Crippen LogP contribution in [0.15, 0.2) is 30.3 Å². The summed E-state index contributed by atoms with van der Waals surface area (Å²) in [7, 11) is 0. The highest BCUT2D eigenvalue weighted by Gasteiger charge is 2.22. The maximum Gasteiger partial charge on any atom is 0.330 e. The van der Waals surface area contributed by atoms with E-state index in [1.54, 1.807) is 30.3 Å². The van der Waals surface area contributed by atoms with Gasteiger partial charge in [0.1, 0.15) is 0 Å². The van der Waals surface area contributed by atoms with Gasteiger partial charge >= 0.3 is 12.0 Å². The average molecular weight is 292 g/mol. The second-order valence-electron chi connectivity index (χ2n) is 5.10. The first-order valence-corrected chi connectivity index (χ1v) is 7.06. The van der Waals surface area contributed by atoms with E-state index >= 15 is 0 Å². The van der Waals surface area contributed by atoms with E-state index in [9.17, 15) is 14.7 Å². The summed E-state index contributed by atoms with van der Waals surface area (Å²) in [5.41, 5.74) is 0.533. The molecule has 1 aliphatic rings. The molecule has 0 aromatic heterocycles. The highest BCUT2D eigenvalue weighted by Crippen LogP contribution is 2.28. The molecule has 0 heterocycles. The largest absolute Gasteiger partial charge is 0.479 e. The van der Waals surface area contributed by atoms with Gasteiger partial charge in [0.2, 0.25) is 0 Å². The Hall–Kier alpha value is -2.08. The van der Waals surface area contributed by atoms with Crippen molar-refractivity contribution in [2.24, 2.45) is 5.92 Å². The number of rotatable bonds is 8. The lowest BCUT2D eigenvalue weighted by Gasteiger charge is -2.15. The summed E-state index contributed by atoms with van der Waals surface area (Å²) < 4.78 is 5.39. The second-order valence-corrected chi connectivity index (χ2v) is 5.10. The fourth-order valence-electron chi connectivity index (χ4n) is 1.89. The Morgan fingerprint density at radius 2 is 2.00 bits per heavy atom. The molecule has 2 amide bonds. The van der Waals surface area contributed by atoms with E-state index < -0.39 is 18.0 Å². The van der Waals surface area contributed by atoms with Gasteiger partial charge < -0.3 is 20.5 Å². The number of aliphatic carboxylic acids is 1. The lowest BCUT2D eigenvalue weighted by molar-refractivity contribution is -0.139. The molecule has 114 valence electrons. The Kier molecular flexibility index (Phi) is 5.57. The van der Waals surface area contributed by atoms with Crippen LogP contribution in [0.1, 0.15) is 24.4 Å². The Morgan fingerprint density at radius 1 is 1.29 bits per heavy atom. The quantitative estimate of drug-likeness (QED) is 0.634. The Balaban J connectivity index is 1.71. The van der Waals surface area contributed by atoms with Crippen molar-refractivity contribution in [3.05, 3.63) is 35.9 Å². The van der Waals surface area contributed by atoms with Gasteiger partial charge in [0.25, 0.3) is 0 Å². The number of benzene rings is 1. The van der Waals surface area contributed by atoms with E-state index in [1.807, 2.05) is 0 Å². The van der Waals surface area contributed by atoms with E-state index in [-0.39, 0.29) is 0 Å². The number of carbonyl (C=O) groups is 2. The average Bonchev–Trinajstić information content (AvgIpc) is 3.29. The third kappa shape index (κ3) is 5.43. The van der Waals surface area contributed by atoms with Crippen LogP contribution in [0.3, 0.4) is 0 Å². The van der Waals surface area contributed by atoms with Crippen molar-refractivity contribution in [2.75, 3.05) is 19.8 Å². The van der Waals surface area contributed by atoms with E-state index in [0.29, 0.717) is 24.6 Å². The summed E-state index contributed by atoms with van der Waals surface area (Å²) in [6.07, 6.45) is 2.45.